The van der Waals surface area contributed by atoms with Crippen LogP contribution in [-0.4, -0.2) is 61.7 Å². The summed E-state index contributed by atoms with van der Waals surface area (Å²) >= 11 is 0. The first-order valence-electron chi connectivity index (χ1n) is 7.43. The number of ether oxygens (including phenoxy) is 2. The predicted octanol–water partition coefficient (Wildman–Crippen LogP) is -0.241. The van der Waals surface area contributed by atoms with E-state index in [0.29, 0.717) is 18.7 Å². The molecule has 1 aliphatic heterocycles. The van der Waals surface area contributed by atoms with Gasteiger partial charge in [0.1, 0.15) is 16.4 Å². The van der Waals surface area contributed by atoms with Crippen molar-refractivity contribution < 1.29 is 26.3 Å². The molecular formula is C14H22N2O6S2. The summed E-state index contributed by atoms with van der Waals surface area (Å²) in [5.74, 6) is 0.970. The lowest BCUT2D eigenvalue weighted by Gasteiger charge is -2.13. The van der Waals surface area contributed by atoms with Gasteiger partial charge in [-0.15, -0.1) is 0 Å². The molecule has 1 aromatic rings. The fraction of sp³-hybridized carbons (Fsp3) is 0.571. The van der Waals surface area contributed by atoms with E-state index in [4.69, 9.17) is 9.47 Å². The summed E-state index contributed by atoms with van der Waals surface area (Å²) in [5.41, 5.74) is 0. The van der Waals surface area contributed by atoms with Crippen LogP contribution in [0.2, 0.25) is 0 Å². The monoisotopic (exact) mass is 378 g/mol. The van der Waals surface area contributed by atoms with Crippen molar-refractivity contribution in [1.29, 1.82) is 0 Å². The van der Waals surface area contributed by atoms with Crippen molar-refractivity contribution in [2.45, 2.75) is 17.4 Å². The molecule has 1 aromatic carbocycles. The molecule has 0 radical (unpaired) electrons. The molecule has 1 aliphatic rings. The largest absolute Gasteiger partial charge is 0.497 e. The highest BCUT2D eigenvalue weighted by Crippen LogP contribution is 2.28. The molecule has 0 unspecified atom stereocenters. The Labute approximate surface area is 142 Å². The van der Waals surface area contributed by atoms with Gasteiger partial charge in [0, 0.05) is 25.2 Å². The standard InChI is InChI=1S/C14H22N2O6S2/c1-21-12-3-4-14(13(9-12)22-2)24(19,20)16-7-6-15-11-5-8-23(17,18)10-11/h3-4,9,11,15-16H,5-8,10H2,1-2H3/t11-/m0/s1. The lowest BCUT2D eigenvalue weighted by Crippen LogP contribution is -2.37. The third-order valence-electron chi connectivity index (χ3n) is 3.74. The minimum Gasteiger partial charge on any atom is -0.497 e. The Morgan fingerprint density at radius 3 is 2.54 bits per heavy atom. The van der Waals surface area contributed by atoms with Gasteiger partial charge in [-0.2, -0.15) is 0 Å². The molecule has 0 amide bonds. The first-order valence-corrected chi connectivity index (χ1v) is 10.7. The van der Waals surface area contributed by atoms with Gasteiger partial charge in [0.25, 0.3) is 0 Å². The third-order valence-corrected chi connectivity index (χ3v) is 7.01. The lowest BCUT2D eigenvalue weighted by molar-refractivity contribution is 0.386. The lowest BCUT2D eigenvalue weighted by atomic mass is 10.3. The fourth-order valence-electron chi connectivity index (χ4n) is 2.49. The molecule has 1 fully saturated rings. The van der Waals surface area contributed by atoms with Crippen LogP contribution < -0.4 is 19.5 Å². The Morgan fingerprint density at radius 1 is 1.21 bits per heavy atom. The van der Waals surface area contributed by atoms with Gasteiger partial charge in [0.2, 0.25) is 10.0 Å². The highest BCUT2D eigenvalue weighted by Gasteiger charge is 2.27. The van der Waals surface area contributed by atoms with Crippen molar-refractivity contribution in [1.82, 2.24) is 10.0 Å². The number of rotatable bonds is 8. The number of sulfonamides is 1. The van der Waals surface area contributed by atoms with Crippen LogP contribution in [0.15, 0.2) is 23.1 Å². The summed E-state index contributed by atoms with van der Waals surface area (Å²) in [7, 11) is -3.82. The molecule has 24 heavy (non-hydrogen) atoms. The smallest absolute Gasteiger partial charge is 0.244 e. The van der Waals surface area contributed by atoms with Gasteiger partial charge in [0.05, 0.1) is 25.7 Å². The Balaban J connectivity index is 1.92. The number of hydrogen-bond acceptors (Lipinski definition) is 7. The number of methoxy groups -OCH3 is 2. The normalized spacial score (nSPS) is 20.0. The second kappa shape index (κ2) is 7.68. The second-order valence-electron chi connectivity index (χ2n) is 5.47. The van der Waals surface area contributed by atoms with Crippen LogP contribution in [0.25, 0.3) is 0 Å². The first-order chi connectivity index (χ1) is 11.3. The third kappa shape index (κ3) is 4.82. The highest BCUT2D eigenvalue weighted by molar-refractivity contribution is 7.91. The maximum Gasteiger partial charge on any atom is 0.244 e. The van der Waals surface area contributed by atoms with E-state index in [9.17, 15) is 16.8 Å². The molecule has 1 heterocycles. The van der Waals surface area contributed by atoms with Crippen LogP contribution in [-0.2, 0) is 19.9 Å². The molecular weight excluding hydrogens is 356 g/mol. The number of hydrogen-bond donors (Lipinski definition) is 2. The topological polar surface area (TPSA) is 111 Å². The van der Waals surface area contributed by atoms with Crippen molar-refractivity contribution in [3.8, 4) is 11.5 Å². The maximum absolute atomic E-state index is 12.4. The first kappa shape index (κ1) is 19.0. The number of benzene rings is 1. The minimum absolute atomic E-state index is 0.0224. The van der Waals surface area contributed by atoms with Crippen LogP contribution in [0.5, 0.6) is 11.5 Å². The predicted molar refractivity (Wildman–Crippen MR) is 89.8 cm³/mol. The second-order valence-corrected chi connectivity index (χ2v) is 9.43. The number of nitrogens with one attached hydrogen (secondary N) is 2. The molecule has 2 N–H and O–H groups in total. The Kier molecular flexibility index (Phi) is 6.07. The van der Waals surface area contributed by atoms with Gasteiger partial charge < -0.3 is 14.8 Å². The molecule has 1 saturated heterocycles. The Hall–Kier alpha value is -1.36. The summed E-state index contributed by atoms with van der Waals surface area (Å²) in [4.78, 5) is 0.0224. The summed E-state index contributed by atoms with van der Waals surface area (Å²) in [6.45, 7) is 0.492. The Morgan fingerprint density at radius 2 is 1.96 bits per heavy atom. The summed E-state index contributed by atoms with van der Waals surface area (Å²) in [6, 6.07) is 4.33. The molecule has 0 aromatic heterocycles. The average molecular weight is 378 g/mol. The van der Waals surface area contributed by atoms with Crippen molar-refractivity contribution in [3.05, 3.63) is 18.2 Å². The van der Waals surface area contributed by atoms with Crippen LogP contribution >= 0.6 is 0 Å². The van der Waals surface area contributed by atoms with Crippen LogP contribution in [0.1, 0.15) is 6.42 Å². The van der Waals surface area contributed by atoms with Gasteiger partial charge in [0.15, 0.2) is 9.84 Å². The SMILES string of the molecule is COc1ccc(S(=O)(=O)NCCN[C@H]2CCS(=O)(=O)C2)c(OC)c1. The van der Waals surface area contributed by atoms with E-state index < -0.39 is 19.9 Å². The van der Waals surface area contributed by atoms with Gasteiger partial charge in [-0.25, -0.2) is 21.6 Å². The summed E-state index contributed by atoms with van der Waals surface area (Å²) in [5, 5.41) is 3.05. The molecule has 0 spiro atoms. The van der Waals surface area contributed by atoms with Crippen LogP contribution in [0.4, 0.5) is 0 Å². The van der Waals surface area contributed by atoms with Gasteiger partial charge in [-0.3, -0.25) is 0 Å². The minimum atomic E-state index is -3.74. The average Bonchev–Trinajstić information content (AvgIpc) is 2.90. The number of sulfone groups is 1. The molecule has 1 atom stereocenters. The fourth-order valence-corrected chi connectivity index (χ4v) is 5.38. The van der Waals surface area contributed by atoms with E-state index in [0.717, 1.165) is 0 Å². The van der Waals surface area contributed by atoms with E-state index in [1.165, 1.54) is 26.4 Å². The van der Waals surface area contributed by atoms with Crippen LogP contribution in [0.3, 0.4) is 0 Å². The van der Waals surface area contributed by atoms with Crippen LogP contribution in [0, 0.1) is 0 Å². The van der Waals surface area contributed by atoms with Gasteiger partial charge in [-0.1, -0.05) is 0 Å². The highest BCUT2D eigenvalue weighted by atomic mass is 32.2. The zero-order valence-corrected chi connectivity index (χ0v) is 15.2. The maximum atomic E-state index is 12.4. The van der Waals surface area contributed by atoms with Crippen molar-refractivity contribution in [2.75, 3.05) is 38.8 Å². The molecule has 10 heteroatoms. The van der Waals surface area contributed by atoms with E-state index in [-0.39, 0.29) is 34.7 Å². The quantitative estimate of drug-likeness (QED) is 0.601. The van der Waals surface area contributed by atoms with E-state index in [1.807, 2.05) is 0 Å². The molecule has 0 bridgehead atoms. The van der Waals surface area contributed by atoms with Crippen molar-refractivity contribution in [2.24, 2.45) is 0 Å². The van der Waals surface area contributed by atoms with Gasteiger partial charge >= 0.3 is 0 Å². The molecule has 8 nitrogen and oxygen atoms in total. The van der Waals surface area contributed by atoms with E-state index in [2.05, 4.69) is 10.0 Å². The molecule has 136 valence electrons. The Bertz CT molecular complexity index is 776. The van der Waals surface area contributed by atoms with Crippen molar-refractivity contribution in [3.63, 3.8) is 0 Å². The zero-order valence-electron chi connectivity index (χ0n) is 13.6. The summed E-state index contributed by atoms with van der Waals surface area (Å²) in [6.07, 6.45) is 0.557. The van der Waals surface area contributed by atoms with Crippen molar-refractivity contribution >= 4 is 19.9 Å². The zero-order chi connectivity index (χ0) is 17.8. The van der Waals surface area contributed by atoms with E-state index in [1.54, 1.807) is 6.07 Å². The van der Waals surface area contributed by atoms with Gasteiger partial charge in [-0.05, 0) is 18.6 Å². The van der Waals surface area contributed by atoms with E-state index >= 15 is 0 Å². The summed E-state index contributed by atoms with van der Waals surface area (Å²) < 4.78 is 60.1. The molecule has 2 rings (SSSR count). The molecule has 0 saturated carbocycles. The molecule has 0 aliphatic carbocycles.